The van der Waals surface area contributed by atoms with Crippen LogP contribution in [-0.2, 0) is 72.0 Å². The third kappa shape index (κ3) is 14.5. The number of amides is 1. The number of likely N-dealkylation sites (N-methyl/N-ethyl adjacent to an activating group) is 1. The molecule has 79 heavy (non-hydrogen) atoms. The van der Waals surface area contributed by atoms with E-state index in [1.54, 1.807) is 59.1 Å². The van der Waals surface area contributed by atoms with Gasteiger partial charge in [0.05, 0.1) is 66.5 Å². The van der Waals surface area contributed by atoms with Gasteiger partial charge in [0.1, 0.15) is 42.8 Å². The number of ether oxygens (including phenoxy) is 9. The third-order valence-corrected chi connectivity index (χ3v) is 16.5. The molecule has 23 nitrogen and oxygen atoms in total. The van der Waals surface area contributed by atoms with Gasteiger partial charge >= 0.3 is 18.0 Å². The number of aliphatic hydroxyl groups excluding tert-OH is 2. The lowest BCUT2D eigenvalue weighted by atomic mass is 9.73. The Balaban J connectivity index is 1.17. The fraction of sp³-hybridized carbons (Fsp3) is 0.768. The minimum absolute atomic E-state index is 0.0128. The topological polar surface area (TPSA) is 294 Å². The minimum Gasteiger partial charge on any atom is -0.477 e. The standard InChI is InChI=1S/C56H88N4O19/c1-15-40-56(10,69)47(63)31(4)42(58-71-14)29(2)24-54(8,68)48(78-52-45(62)39(59(11)12)21-30(3)74-52)32(5)46(33(6)51(66)76-40)77-41-25-55(9,70-13)49(34(7)75-41)79-53(67)57-18-20-72-19-16-17-35-22-36-27-73-28-60-26-38(50(64)65)44(61)37(23-35)43(36)60/h22-23,26,29-34,39-41,45-49,52,62-63,68-69H,15-21,24-25,27-28H2,1-14H3,(H,57,67)(H,64,65)/b58-42+/t29-,30-,31+,32+,33-,34+,39+,40-,41+,45-,46+,47-,48-,49+,52?,54-,55-,56-/m1/s1. The molecule has 2 aromatic rings. The van der Waals surface area contributed by atoms with Crippen LogP contribution in [0.4, 0.5) is 4.79 Å². The number of nitrogens with one attached hydrogen (secondary N) is 1. The molecule has 6 rings (SSSR count). The summed E-state index contributed by atoms with van der Waals surface area (Å²) < 4.78 is 57.7. The molecule has 0 spiro atoms. The van der Waals surface area contributed by atoms with Gasteiger partial charge in [0.25, 0.3) is 0 Å². The van der Waals surface area contributed by atoms with Crippen molar-refractivity contribution in [3.05, 3.63) is 45.2 Å². The van der Waals surface area contributed by atoms with Gasteiger partial charge in [0, 0.05) is 67.6 Å². The van der Waals surface area contributed by atoms with Gasteiger partial charge in [-0.15, -0.1) is 0 Å². The van der Waals surface area contributed by atoms with Gasteiger partial charge in [-0.3, -0.25) is 9.59 Å². The number of carbonyl (C=O) groups excluding carboxylic acids is 2. The molecule has 0 saturated carbocycles. The Morgan fingerprint density at radius 3 is 2.30 bits per heavy atom. The lowest BCUT2D eigenvalue weighted by Gasteiger charge is -2.49. The van der Waals surface area contributed by atoms with E-state index in [-0.39, 0.29) is 56.9 Å². The largest absolute Gasteiger partial charge is 0.477 e. The average molecular weight is 1120 g/mol. The molecule has 1 aromatic carbocycles. The van der Waals surface area contributed by atoms with Gasteiger partial charge in [-0.2, -0.15) is 0 Å². The first-order chi connectivity index (χ1) is 37.1. The van der Waals surface area contributed by atoms with Crippen LogP contribution in [0, 0.1) is 23.7 Å². The summed E-state index contributed by atoms with van der Waals surface area (Å²) in [6.45, 7) is 17.9. The summed E-state index contributed by atoms with van der Waals surface area (Å²) in [5.41, 5.74) is -3.24. The number of rotatable bonds is 17. The molecule has 1 amide bonds. The van der Waals surface area contributed by atoms with Gasteiger partial charge in [-0.05, 0) is 99.4 Å². The predicted octanol–water partition coefficient (Wildman–Crippen LogP) is 4.10. The number of cyclic esters (lactones) is 1. The van der Waals surface area contributed by atoms with Crippen molar-refractivity contribution >= 4 is 34.6 Å². The summed E-state index contributed by atoms with van der Waals surface area (Å²) in [6, 6.07) is 3.31. The predicted molar refractivity (Wildman–Crippen MR) is 287 cm³/mol. The maximum Gasteiger partial charge on any atom is 0.407 e. The van der Waals surface area contributed by atoms with Crippen LogP contribution >= 0.6 is 0 Å². The highest BCUT2D eigenvalue weighted by Crippen LogP contribution is 2.42. The van der Waals surface area contributed by atoms with E-state index in [0.717, 1.165) is 11.1 Å². The summed E-state index contributed by atoms with van der Waals surface area (Å²) >= 11 is 0. The summed E-state index contributed by atoms with van der Waals surface area (Å²) in [5.74, 6) is -5.59. The monoisotopic (exact) mass is 1120 g/mol. The van der Waals surface area contributed by atoms with E-state index in [1.165, 1.54) is 27.3 Å². The van der Waals surface area contributed by atoms with Gasteiger partial charge in [-0.25, -0.2) is 9.59 Å². The molecule has 0 aliphatic carbocycles. The quantitative estimate of drug-likeness (QED) is 0.0738. The first-order valence-corrected chi connectivity index (χ1v) is 27.6. The highest BCUT2D eigenvalue weighted by molar-refractivity contribution is 5.94. The van der Waals surface area contributed by atoms with Crippen LogP contribution in [-0.4, -0.2) is 191 Å². The van der Waals surface area contributed by atoms with Crippen molar-refractivity contribution in [1.29, 1.82) is 0 Å². The number of aromatic nitrogens is 1. The number of aliphatic hydroxyl groups is 4. The number of aromatic carboxylic acids is 1. The van der Waals surface area contributed by atoms with E-state index in [1.807, 2.05) is 38.9 Å². The van der Waals surface area contributed by atoms with E-state index >= 15 is 0 Å². The number of benzene rings is 1. The van der Waals surface area contributed by atoms with E-state index in [2.05, 4.69) is 10.5 Å². The summed E-state index contributed by atoms with van der Waals surface area (Å²) in [4.78, 5) is 60.0. The van der Waals surface area contributed by atoms with Crippen LogP contribution < -0.4 is 10.7 Å². The van der Waals surface area contributed by atoms with Crippen molar-refractivity contribution in [3.63, 3.8) is 0 Å². The number of carboxylic acid groups (broad SMARTS) is 1. The molecular formula is C56H88N4O19. The Bertz CT molecular complexity index is 2500. The summed E-state index contributed by atoms with van der Waals surface area (Å²) in [7, 11) is 6.53. The molecule has 446 valence electrons. The molecule has 4 aliphatic rings. The minimum atomic E-state index is -1.98. The van der Waals surface area contributed by atoms with Crippen molar-refractivity contribution in [2.24, 2.45) is 28.8 Å². The van der Waals surface area contributed by atoms with Crippen LogP contribution in [0.1, 0.15) is 123 Å². The number of alkyl carbamates (subject to hydrolysis) is 1. The zero-order chi connectivity index (χ0) is 58.5. The number of oxime groups is 1. The lowest BCUT2D eigenvalue weighted by Crippen LogP contribution is -2.61. The average Bonchev–Trinajstić information content (AvgIpc) is 3.60. The maximum atomic E-state index is 14.6. The van der Waals surface area contributed by atoms with Crippen molar-refractivity contribution < 1.29 is 87.4 Å². The van der Waals surface area contributed by atoms with Crippen molar-refractivity contribution in [1.82, 2.24) is 14.8 Å². The zero-order valence-corrected chi connectivity index (χ0v) is 48.5. The molecule has 4 aliphatic heterocycles. The van der Waals surface area contributed by atoms with E-state index in [4.69, 9.17) is 47.5 Å². The van der Waals surface area contributed by atoms with E-state index < -0.39 is 119 Å². The van der Waals surface area contributed by atoms with Crippen LogP contribution in [0.5, 0.6) is 0 Å². The Labute approximate surface area is 463 Å². The highest BCUT2D eigenvalue weighted by atomic mass is 16.7. The molecule has 1 unspecified atom stereocenters. The Morgan fingerprint density at radius 2 is 1.66 bits per heavy atom. The molecular weight excluding hydrogens is 1030 g/mol. The second-order valence-corrected chi connectivity index (χ2v) is 23.1. The van der Waals surface area contributed by atoms with E-state index in [9.17, 15) is 44.7 Å². The second kappa shape index (κ2) is 26.7. The normalized spacial score (nSPS) is 37.3. The number of aryl methyl sites for hydroxylation is 1. The van der Waals surface area contributed by atoms with Gasteiger partial charge < -0.3 is 87.8 Å². The summed E-state index contributed by atoms with van der Waals surface area (Å²) in [5, 5.41) is 65.4. The molecule has 5 heterocycles. The molecule has 3 saturated heterocycles. The SMILES string of the molecule is CC[C@H]1OC(=O)[C@H](C)[C@@H](O[C@H]2C[C@@](C)(OC)[C@@H](OC(=O)NCCOCCCc3cc4c5c(c3)c(=O)c(C(=O)O)cn5COC4)[C@H](C)O2)[C@H](C)[C@@H](OC2O[C@H](C)C[C@H](N(C)C)[C@H]2O)[C@](C)(O)C[C@@H](C)/C(=N\OC)[C@H](C)[C@@H](O)[C@]1(C)O. The van der Waals surface area contributed by atoms with Crippen LogP contribution in [0.3, 0.4) is 0 Å². The number of hydrogen-bond acceptors (Lipinski definition) is 20. The van der Waals surface area contributed by atoms with Gasteiger partial charge in [0.2, 0.25) is 5.43 Å². The number of hydrogen-bond donors (Lipinski definition) is 6. The number of pyridine rings is 1. The molecule has 0 bridgehead atoms. The Hall–Kier alpha value is -4.37. The number of carbonyl (C=O) groups is 3. The molecule has 18 atom stereocenters. The second-order valence-electron chi connectivity index (χ2n) is 23.1. The molecule has 6 N–H and O–H groups in total. The number of nitrogens with zero attached hydrogens (tertiary/aromatic N) is 3. The molecule has 0 radical (unpaired) electrons. The molecule has 1 aromatic heterocycles. The van der Waals surface area contributed by atoms with Crippen LogP contribution in [0.2, 0.25) is 0 Å². The first kappa shape index (κ1) is 63.8. The van der Waals surface area contributed by atoms with Crippen molar-refractivity contribution in [2.45, 2.75) is 205 Å². The molecule has 3 fully saturated rings. The third-order valence-electron chi connectivity index (χ3n) is 16.5. The smallest absolute Gasteiger partial charge is 0.407 e. The Morgan fingerprint density at radius 1 is 0.949 bits per heavy atom. The van der Waals surface area contributed by atoms with E-state index in [0.29, 0.717) is 49.1 Å². The number of methoxy groups -OCH3 is 1. The highest BCUT2D eigenvalue weighted by Gasteiger charge is 2.54. The Kier molecular flexibility index (Phi) is 21.6. The van der Waals surface area contributed by atoms with Crippen LogP contribution in [0.25, 0.3) is 10.9 Å². The van der Waals surface area contributed by atoms with Crippen LogP contribution in [0.15, 0.2) is 28.3 Å². The fourth-order valence-corrected chi connectivity index (χ4v) is 12.2. The lowest BCUT2D eigenvalue weighted by molar-refractivity contribution is -0.317. The number of esters is 1. The summed E-state index contributed by atoms with van der Waals surface area (Å²) in [6.07, 6.45) is -8.53. The van der Waals surface area contributed by atoms with Gasteiger partial charge in [-0.1, -0.05) is 38.9 Å². The van der Waals surface area contributed by atoms with Crippen molar-refractivity contribution in [3.8, 4) is 0 Å². The zero-order valence-electron chi connectivity index (χ0n) is 48.5. The molecule has 23 heteroatoms. The maximum absolute atomic E-state index is 14.6. The van der Waals surface area contributed by atoms with Gasteiger partial charge in [0.15, 0.2) is 18.7 Å². The van der Waals surface area contributed by atoms with Crippen molar-refractivity contribution in [2.75, 3.05) is 48.1 Å². The number of carboxylic acids is 1. The fourth-order valence-electron chi connectivity index (χ4n) is 12.2. The first-order valence-electron chi connectivity index (χ1n) is 27.6.